The first kappa shape index (κ1) is 17.9. The van der Waals surface area contributed by atoms with Crippen LogP contribution in [0.15, 0.2) is 0 Å². The summed E-state index contributed by atoms with van der Waals surface area (Å²) in [6.07, 6.45) is 4.14. The van der Waals surface area contributed by atoms with E-state index in [1.807, 2.05) is 0 Å². The molecule has 0 spiro atoms. The summed E-state index contributed by atoms with van der Waals surface area (Å²) in [7, 11) is -1.04. The van der Waals surface area contributed by atoms with Gasteiger partial charge >= 0.3 is 0 Å². The van der Waals surface area contributed by atoms with Gasteiger partial charge < -0.3 is 10.1 Å². The molecule has 1 heterocycles. The van der Waals surface area contributed by atoms with Gasteiger partial charge in [0.1, 0.15) is 0 Å². The lowest BCUT2D eigenvalue weighted by Crippen LogP contribution is -2.31. The van der Waals surface area contributed by atoms with Gasteiger partial charge in [-0.25, -0.2) is 8.42 Å². The van der Waals surface area contributed by atoms with Crippen molar-refractivity contribution in [2.75, 3.05) is 38.3 Å². The first-order valence-corrected chi connectivity index (χ1v) is 9.67. The van der Waals surface area contributed by atoms with E-state index in [2.05, 4.69) is 19.2 Å². The molecule has 2 unspecified atom stereocenters. The van der Waals surface area contributed by atoms with Crippen LogP contribution in [-0.2, 0) is 14.6 Å². The smallest absolute Gasteiger partial charge is 0.150 e. The molecule has 0 bridgehead atoms. The summed E-state index contributed by atoms with van der Waals surface area (Å²) in [5.74, 6) is 2.25. The van der Waals surface area contributed by atoms with Gasteiger partial charge in [0.05, 0.1) is 11.5 Å². The van der Waals surface area contributed by atoms with Crippen molar-refractivity contribution in [2.45, 2.75) is 39.5 Å². The van der Waals surface area contributed by atoms with Crippen molar-refractivity contribution in [3.63, 3.8) is 0 Å². The second-order valence-electron chi connectivity index (χ2n) is 6.46. The van der Waals surface area contributed by atoms with Crippen LogP contribution in [0, 0.1) is 17.8 Å². The van der Waals surface area contributed by atoms with Gasteiger partial charge in [-0.3, -0.25) is 0 Å². The van der Waals surface area contributed by atoms with E-state index in [4.69, 9.17) is 4.74 Å². The van der Waals surface area contributed by atoms with Crippen molar-refractivity contribution in [3.8, 4) is 0 Å². The molecule has 5 heteroatoms. The molecule has 1 saturated heterocycles. The van der Waals surface area contributed by atoms with E-state index < -0.39 is 9.84 Å². The number of unbranched alkanes of at least 4 members (excludes halogenated alkanes) is 1. The third-order valence-electron chi connectivity index (χ3n) is 4.07. The Bertz CT molecular complexity index is 354. The Balaban J connectivity index is 2.41. The quantitative estimate of drug-likeness (QED) is 0.628. The minimum absolute atomic E-state index is 0.349. The second-order valence-corrected chi connectivity index (χ2v) is 8.69. The lowest BCUT2D eigenvalue weighted by atomic mass is 9.87. The minimum atomic E-state index is -2.77. The van der Waals surface area contributed by atoms with Crippen molar-refractivity contribution >= 4 is 9.84 Å². The number of ether oxygens (including phenoxy) is 1. The standard InChI is InChI=1S/C15H31NO3S/c1-13(2)10-16-11-14(6-4-5-8-19-3)15-7-9-20(17,18)12-15/h13-16H,4-12H2,1-3H3. The van der Waals surface area contributed by atoms with Gasteiger partial charge in [0, 0.05) is 13.7 Å². The average molecular weight is 305 g/mol. The molecular weight excluding hydrogens is 274 g/mol. The molecule has 20 heavy (non-hydrogen) atoms. The monoisotopic (exact) mass is 305 g/mol. The van der Waals surface area contributed by atoms with Crippen LogP contribution in [0.25, 0.3) is 0 Å². The molecule has 1 aliphatic heterocycles. The van der Waals surface area contributed by atoms with Crippen molar-refractivity contribution in [2.24, 2.45) is 17.8 Å². The van der Waals surface area contributed by atoms with Crippen molar-refractivity contribution < 1.29 is 13.2 Å². The van der Waals surface area contributed by atoms with Gasteiger partial charge in [-0.05, 0) is 50.1 Å². The fourth-order valence-corrected chi connectivity index (χ4v) is 4.83. The molecule has 0 saturated carbocycles. The highest BCUT2D eigenvalue weighted by atomic mass is 32.2. The number of sulfone groups is 1. The lowest BCUT2D eigenvalue weighted by molar-refractivity contribution is 0.187. The van der Waals surface area contributed by atoms with Gasteiger partial charge in [-0.1, -0.05) is 20.3 Å². The molecule has 1 fully saturated rings. The largest absolute Gasteiger partial charge is 0.385 e. The first-order valence-electron chi connectivity index (χ1n) is 7.84. The summed E-state index contributed by atoms with van der Waals surface area (Å²) in [6.45, 7) is 7.15. The zero-order chi connectivity index (χ0) is 15.0. The van der Waals surface area contributed by atoms with Gasteiger partial charge in [0.25, 0.3) is 0 Å². The van der Waals surface area contributed by atoms with Crippen LogP contribution in [0.2, 0.25) is 0 Å². The van der Waals surface area contributed by atoms with E-state index in [0.717, 1.165) is 45.4 Å². The molecule has 0 aromatic carbocycles. The van der Waals surface area contributed by atoms with Crippen LogP contribution in [-0.4, -0.2) is 46.7 Å². The Morgan fingerprint density at radius 3 is 2.55 bits per heavy atom. The summed E-state index contributed by atoms with van der Waals surface area (Å²) in [5, 5.41) is 3.50. The normalized spacial score (nSPS) is 23.3. The maximum absolute atomic E-state index is 11.7. The van der Waals surface area contributed by atoms with Gasteiger partial charge in [0.15, 0.2) is 9.84 Å². The van der Waals surface area contributed by atoms with E-state index in [-0.39, 0.29) is 0 Å². The molecule has 1 N–H and O–H groups in total. The molecule has 4 nitrogen and oxygen atoms in total. The van der Waals surface area contributed by atoms with E-state index in [1.165, 1.54) is 0 Å². The van der Waals surface area contributed by atoms with Crippen molar-refractivity contribution in [3.05, 3.63) is 0 Å². The minimum Gasteiger partial charge on any atom is -0.385 e. The SMILES string of the molecule is COCCCCC(CNCC(C)C)C1CCS(=O)(=O)C1. The highest BCUT2D eigenvalue weighted by molar-refractivity contribution is 7.91. The number of hydrogen-bond acceptors (Lipinski definition) is 4. The maximum atomic E-state index is 11.7. The Labute approximate surface area is 124 Å². The topological polar surface area (TPSA) is 55.4 Å². The van der Waals surface area contributed by atoms with E-state index in [1.54, 1.807) is 7.11 Å². The summed E-state index contributed by atoms with van der Waals surface area (Å²) in [4.78, 5) is 0. The lowest BCUT2D eigenvalue weighted by Gasteiger charge is -2.23. The van der Waals surface area contributed by atoms with Gasteiger partial charge in [0.2, 0.25) is 0 Å². The van der Waals surface area contributed by atoms with Crippen molar-refractivity contribution in [1.29, 1.82) is 0 Å². The molecule has 120 valence electrons. The Hall–Kier alpha value is -0.130. The highest BCUT2D eigenvalue weighted by Gasteiger charge is 2.33. The number of nitrogens with one attached hydrogen (secondary N) is 1. The summed E-state index contributed by atoms with van der Waals surface area (Å²) in [5.41, 5.74) is 0. The zero-order valence-electron chi connectivity index (χ0n) is 13.2. The van der Waals surface area contributed by atoms with Crippen LogP contribution in [0.1, 0.15) is 39.5 Å². The average Bonchev–Trinajstić information content (AvgIpc) is 2.72. The Morgan fingerprint density at radius 2 is 2.00 bits per heavy atom. The predicted octanol–water partition coefficient (Wildman–Crippen LogP) is 2.10. The fraction of sp³-hybridized carbons (Fsp3) is 1.00. The molecule has 2 atom stereocenters. The summed E-state index contributed by atoms with van der Waals surface area (Å²) in [6, 6.07) is 0. The van der Waals surface area contributed by atoms with Crippen LogP contribution in [0.4, 0.5) is 0 Å². The molecule has 1 aliphatic rings. The maximum Gasteiger partial charge on any atom is 0.150 e. The molecule has 0 amide bonds. The Kier molecular flexibility index (Phi) is 8.07. The molecule has 0 aromatic rings. The first-order chi connectivity index (χ1) is 9.44. The Morgan fingerprint density at radius 1 is 1.25 bits per heavy atom. The van der Waals surface area contributed by atoms with Crippen LogP contribution >= 0.6 is 0 Å². The van der Waals surface area contributed by atoms with Crippen LogP contribution in [0.5, 0.6) is 0 Å². The van der Waals surface area contributed by atoms with E-state index in [0.29, 0.717) is 29.3 Å². The van der Waals surface area contributed by atoms with E-state index in [9.17, 15) is 8.42 Å². The summed E-state index contributed by atoms with van der Waals surface area (Å²) < 4.78 is 28.4. The third-order valence-corrected chi connectivity index (χ3v) is 5.86. The zero-order valence-corrected chi connectivity index (χ0v) is 14.0. The number of rotatable bonds is 10. The van der Waals surface area contributed by atoms with Crippen molar-refractivity contribution in [1.82, 2.24) is 5.32 Å². The van der Waals surface area contributed by atoms with E-state index >= 15 is 0 Å². The highest BCUT2D eigenvalue weighted by Crippen LogP contribution is 2.29. The second kappa shape index (κ2) is 9.00. The molecule has 0 aromatic heterocycles. The third kappa shape index (κ3) is 7.04. The predicted molar refractivity (Wildman–Crippen MR) is 83.7 cm³/mol. The van der Waals surface area contributed by atoms with Gasteiger partial charge in [-0.15, -0.1) is 0 Å². The molecular formula is C15H31NO3S. The van der Waals surface area contributed by atoms with Gasteiger partial charge in [-0.2, -0.15) is 0 Å². The molecule has 1 rings (SSSR count). The van der Waals surface area contributed by atoms with Crippen LogP contribution < -0.4 is 5.32 Å². The number of hydrogen-bond donors (Lipinski definition) is 1. The summed E-state index contributed by atoms with van der Waals surface area (Å²) >= 11 is 0. The molecule has 0 aliphatic carbocycles. The fourth-order valence-electron chi connectivity index (χ4n) is 2.91. The molecule has 0 radical (unpaired) electrons. The number of methoxy groups -OCH3 is 1. The van der Waals surface area contributed by atoms with Crippen LogP contribution in [0.3, 0.4) is 0 Å².